The van der Waals surface area contributed by atoms with E-state index in [4.69, 9.17) is 17.3 Å². The fourth-order valence-electron chi connectivity index (χ4n) is 2.07. The number of hydrogen-bond acceptors (Lipinski definition) is 3. The van der Waals surface area contributed by atoms with E-state index in [1.807, 2.05) is 31.2 Å². The highest BCUT2D eigenvalue weighted by Gasteiger charge is 2.18. The van der Waals surface area contributed by atoms with Crippen LogP contribution in [0.25, 0.3) is 0 Å². The minimum atomic E-state index is 0.169. The van der Waals surface area contributed by atoms with Crippen molar-refractivity contribution in [2.45, 2.75) is 32.7 Å². The van der Waals surface area contributed by atoms with E-state index in [0.717, 1.165) is 12.0 Å². The van der Waals surface area contributed by atoms with E-state index in [9.17, 15) is 5.26 Å². The molecule has 4 nitrogen and oxygen atoms in total. The first-order valence-electron chi connectivity index (χ1n) is 6.58. The minimum Gasteiger partial charge on any atom is -0.383 e. The first kappa shape index (κ1) is 14.4. The summed E-state index contributed by atoms with van der Waals surface area (Å²) in [5, 5.41) is 14.5. The molecule has 2 N–H and O–H groups in total. The maximum absolute atomic E-state index is 9.30. The van der Waals surface area contributed by atoms with Crippen molar-refractivity contribution in [2.24, 2.45) is 0 Å². The Morgan fingerprint density at radius 3 is 2.75 bits per heavy atom. The molecule has 0 saturated carbocycles. The Balaban J connectivity index is 2.43. The molecule has 0 bridgehead atoms. The second-order valence-corrected chi connectivity index (χ2v) is 5.20. The second kappa shape index (κ2) is 5.98. The lowest BCUT2D eigenvalue weighted by molar-refractivity contribution is 0.481. The second-order valence-electron chi connectivity index (χ2n) is 4.79. The number of benzene rings is 1. The third kappa shape index (κ3) is 2.63. The van der Waals surface area contributed by atoms with Crippen LogP contribution in [0.5, 0.6) is 0 Å². The van der Waals surface area contributed by atoms with Crippen molar-refractivity contribution in [2.75, 3.05) is 5.73 Å². The summed E-state index contributed by atoms with van der Waals surface area (Å²) in [7, 11) is 0. The van der Waals surface area contributed by atoms with Gasteiger partial charge in [-0.2, -0.15) is 10.4 Å². The molecule has 1 atom stereocenters. The highest BCUT2D eigenvalue weighted by molar-refractivity contribution is 6.31. The lowest BCUT2D eigenvalue weighted by Gasteiger charge is -2.10. The van der Waals surface area contributed by atoms with Gasteiger partial charge in [0.05, 0.1) is 11.7 Å². The fourth-order valence-corrected chi connectivity index (χ4v) is 2.28. The smallest absolute Gasteiger partial charge is 0.140 e. The molecule has 0 amide bonds. The number of nitriles is 1. The van der Waals surface area contributed by atoms with Crippen molar-refractivity contribution in [3.63, 3.8) is 0 Å². The summed E-state index contributed by atoms with van der Waals surface area (Å²) in [6, 6.07) is 9.88. The van der Waals surface area contributed by atoms with Crippen molar-refractivity contribution in [1.82, 2.24) is 9.78 Å². The molecular formula is C15H17ClN4. The summed E-state index contributed by atoms with van der Waals surface area (Å²) in [5.74, 6) is 0.434. The van der Waals surface area contributed by atoms with Crippen LogP contribution in [0.3, 0.4) is 0 Å². The van der Waals surface area contributed by atoms with E-state index in [1.165, 1.54) is 0 Å². The molecule has 2 aromatic rings. The van der Waals surface area contributed by atoms with E-state index in [-0.39, 0.29) is 6.04 Å². The third-order valence-corrected chi connectivity index (χ3v) is 3.82. The highest BCUT2D eigenvalue weighted by atomic mass is 35.5. The van der Waals surface area contributed by atoms with Crippen LogP contribution in [0.15, 0.2) is 24.3 Å². The molecule has 1 aromatic carbocycles. The Bertz CT molecular complexity index is 654. The largest absolute Gasteiger partial charge is 0.383 e. The molecule has 0 spiro atoms. The van der Waals surface area contributed by atoms with Crippen molar-refractivity contribution in [3.05, 3.63) is 46.1 Å². The minimum absolute atomic E-state index is 0.169. The van der Waals surface area contributed by atoms with Crippen LogP contribution >= 0.6 is 11.6 Å². The molecule has 0 unspecified atom stereocenters. The zero-order valence-electron chi connectivity index (χ0n) is 11.6. The monoisotopic (exact) mass is 288 g/mol. The number of nitrogen functional groups attached to an aromatic ring is 1. The van der Waals surface area contributed by atoms with Gasteiger partial charge < -0.3 is 5.73 Å². The molecule has 1 heterocycles. The Labute approximate surface area is 123 Å². The third-order valence-electron chi connectivity index (χ3n) is 3.46. The van der Waals surface area contributed by atoms with Crippen molar-refractivity contribution < 1.29 is 0 Å². The summed E-state index contributed by atoms with van der Waals surface area (Å²) in [4.78, 5) is 0. The maximum Gasteiger partial charge on any atom is 0.140 e. The van der Waals surface area contributed by atoms with E-state index >= 15 is 0 Å². The predicted octanol–water partition coefficient (Wildman–Crippen LogP) is 3.55. The highest BCUT2D eigenvalue weighted by Crippen LogP contribution is 2.25. The van der Waals surface area contributed by atoms with Crippen LogP contribution in [0.4, 0.5) is 5.82 Å². The molecule has 2 rings (SSSR count). The number of nitrogens with zero attached hydrogens (tertiary/aromatic N) is 3. The summed E-state index contributed by atoms with van der Waals surface area (Å²) in [5.41, 5.74) is 8.10. The molecule has 0 saturated heterocycles. The van der Waals surface area contributed by atoms with E-state index in [2.05, 4.69) is 18.1 Å². The zero-order valence-corrected chi connectivity index (χ0v) is 12.4. The van der Waals surface area contributed by atoms with Crippen LogP contribution in [0.2, 0.25) is 5.02 Å². The van der Waals surface area contributed by atoms with E-state index in [0.29, 0.717) is 28.5 Å². The van der Waals surface area contributed by atoms with E-state index in [1.54, 1.807) is 4.68 Å². The molecule has 0 radical (unpaired) electrons. The molecule has 5 heteroatoms. The summed E-state index contributed by atoms with van der Waals surface area (Å²) in [6.07, 6.45) is 1.42. The first-order chi connectivity index (χ1) is 9.58. The van der Waals surface area contributed by atoms with Crippen molar-refractivity contribution in [3.8, 4) is 6.07 Å². The van der Waals surface area contributed by atoms with Crippen LogP contribution in [0, 0.1) is 11.3 Å². The molecule has 104 valence electrons. The number of halogens is 1. The van der Waals surface area contributed by atoms with Gasteiger partial charge >= 0.3 is 0 Å². The van der Waals surface area contributed by atoms with Crippen LogP contribution in [-0.4, -0.2) is 9.78 Å². The summed E-state index contributed by atoms with van der Waals surface area (Å²) < 4.78 is 1.73. The fraction of sp³-hybridized carbons (Fsp3) is 0.333. The Hall–Kier alpha value is -1.99. The Morgan fingerprint density at radius 2 is 2.15 bits per heavy atom. The SMILES string of the molecule is CC[C@@H](C)n1nc(Cc2ccccc2Cl)c(C#N)c1N. The van der Waals surface area contributed by atoms with Crippen molar-refractivity contribution in [1.29, 1.82) is 5.26 Å². The number of nitrogens with two attached hydrogens (primary N) is 1. The van der Waals surface area contributed by atoms with Crippen molar-refractivity contribution >= 4 is 17.4 Å². The maximum atomic E-state index is 9.30. The Kier molecular flexibility index (Phi) is 4.31. The molecule has 20 heavy (non-hydrogen) atoms. The van der Waals surface area contributed by atoms with Crippen LogP contribution < -0.4 is 5.73 Å². The van der Waals surface area contributed by atoms with Gasteiger partial charge in [0.2, 0.25) is 0 Å². The van der Waals surface area contributed by atoms with Gasteiger partial charge in [-0.05, 0) is 25.0 Å². The standard InChI is InChI=1S/C15H17ClN4/c1-3-10(2)20-15(18)12(9-17)14(19-20)8-11-6-4-5-7-13(11)16/h4-7,10H,3,8,18H2,1-2H3/t10-/m1/s1. The average molecular weight is 289 g/mol. The number of hydrogen-bond donors (Lipinski definition) is 1. The lowest BCUT2D eigenvalue weighted by atomic mass is 10.1. The zero-order chi connectivity index (χ0) is 14.7. The van der Waals surface area contributed by atoms with Gasteiger partial charge in [0, 0.05) is 11.4 Å². The number of anilines is 1. The molecule has 0 aliphatic heterocycles. The number of aromatic nitrogens is 2. The van der Waals surface area contributed by atoms with Gasteiger partial charge in [-0.25, -0.2) is 4.68 Å². The van der Waals surface area contributed by atoms with Gasteiger partial charge in [0.25, 0.3) is 0 Å². The predicted molar refractivity (Wildman–Crippen MR) is 80.6 cm³/mol. The van der Waals surface area contributed by atoms with Crippen LogP contribution in [-0.2, 0) is 6.42 Å². The molecule has 0 fully saturated rings. The molecule has 0 aliphatic rings. The summed E-state index contributed by atoms with van der Waals surface area (Å²) >= 11 is 6.16. The van der Waals surface area contributed by atoms with Gasteiger partial charge in [-0.3, -0.25) is 0 Å². The lowest BCUT2D eigenvalue weighted by Crippen LogP contribution is -2.09. The molecule has 0 aliphatic carbocycles. The van der Waals surface area contributed by atoms with Crippen LogP contribution in [0.1, 0.15) is 43.1 Å². The van der Waals surface area contributed by atoms with Gasteiger partial charge in [-0.1, -0.05) is 36.7 Å². The first-order valence-corrected chi connectivity index (χ1v) is 6.96. The van der Waals surface area contributed by atoms with Gasteiger partial charge in [0.15, 0.2) is 0 Å². The molecular weight excluding hydrogens is 272 g/mol. The average Bonchev–Trinajstić information content (AvgIpc) is 2.76. The normalized spacial score (nSPS) is 12.1. The van der Waals surface area contributed by atoms with Gasteiger partial charge in [0.1, 0.15) is 17.5 Å². The topological polar surface area (TPSA) is 67.6 Å². The number of rotatable bonds is 4. The van der Waals surface area contributed by atoms with Gasteiger partial charge in [-0.15, -0.1) is 0 Å². The molecule has 1 aromatic heterocycles. The van der Waals surface area contributed by atoms with E-state index < -0.39 is 0 Å². The summed E-state index contributed by atoms with van der Waals surface area (Å²) in [6.45, 7) is 4.09. The Morgan fingerprint density at radius 1 is 1.45 bits per heavy atom. The quantitative estimate of drug-likeness (QED) is 0.935.